The number of hydrogen-bond acceptors (Lipinski definition) is 15. The van der Waals surface area contributed by atoms with E-state index in [-0.39, 0.29) is 18.7 Å². The topological polar surface area (TPSA) is 265 Å². The fraction of sp³-hybridized carbons (Fsp3) is 0.854. The van der Waals surface area contributed by atoms with E-state index < -0.39 is 83.7 Å². The smallest absolute Gasteiger partial charge is 0.462 e. The molecule has 4 unspecified atom stereocenters. The lowest BCUT2D eigenvalue weighted by molar-refractivity contribution is -0.161. The van der Waals surface area contributed by atoms with Gasteiger partial charge < -0.3 is 39.9 Å². The molecule has 18 nitrogen and oxygen atoms in total. The summed E-state index contributed by atoms with van der Waals surface area (Å²) in [6, 6.07) is 1.25. The Balaban J connectivity index is 1.85. The maximum Gasteiger partial charge on any atom is 0.481 e. The standard InChI is InChI=1S/C41H75N3O15P2/c1-5-32(4)23-19-15-11-7-9-12-16-20-24-36(45)54-28-33(57-37(46)25-21-17-13-8-6-10-14-18-22-31(2)3)29-55-60(50,51)59-61(52,53)56-30-34-38(47)39(48)40(58-34)44-27-26-35(42)43-41(44)49/h26-27,31-34,38-40,47-48H,5-25,28-30H2,1-4H3,(H,50,51)(H,52,53)(H2,42,43,49)/t32?,33-,34-,38+,39?,40-/m1/s1. The Hall–Kier alpha value is -2.24. The number of phosphoric acid groups is 2. The first-order valence-corrected chi connectivity index (χ1v) is 25.3. The third-order valence-electron chi connectivity index (χ3n) is 10.7. The molecule has 1 aliphatic heterocycles. The predicted octanol–water partition coefficient (Wildman–Crippen LogP) is 7.65. The highest BCUT2D eigenvalue weighted by Gasteiger charge is 2.46. The first kappa shape index (κ1) is 54.9. The molecule has 61 heavy (non-hydrogen) atoms. The van der Waals surface area contributed by atoms with Crippen molar-refractivity contribution in [3.05, 3.63) is 22.7 Å². The second kappa shape index (κ2) is 30.0. The van der Waals surface area contributed by atoms with Crippen molar-refractivity contribution < 1.29 is 66.3 Å². The zero-order valence-corrected chi connectivity index (χ0v) is 38.6. The van der Waals surface area contributed by atoms with Crippen LogP contribution in [0.1, 0.15) is 169 Å². The molecule has 2 heterocycles. The molecular formula is C41H75N3O15P2. The molecule has 354 valence electrons. The first-order chi connectivity index (χ1) is 28.9. The normalized spacial score (nSPS) is 20.9. The number of hydrogen-bond donors (Lipinski definition) is 5. The molecule has 0 amide bonds. The summed E-state index contributed by atoms with van der Waals surface area (Å²) in [5.74, 6) is 0.196. The number of carbonyl (C=O) groups excluding carboxylic acids is 2. The molecule has 1 saturated heterocycles. The molecule has 0 aliphatic carbocycles. The molecule has 1 aromatic heterocycles. The van der Waals surface area contributed by atoms with E-state index in [1.165, 1.54) is 63.9 Å². The van der Waals surface area contributed by atoms with Crippen LogP contribution in [-0.4, -0.2) is 85.7 Å². The van der Waals surface area contributed by atoms with Crippen LogP contribution < -0.4 is 11.4 Å². The van der Waals surface area contributed by atoms with Crippen LogP contribution in [-0.2, 0) is 46.3 Å². The second-order valence-corrected chi connectivity index (χ2v) is 19.7. The van der Waals surface area contributed by atoms with Gasteiger partial charge in [-0.2, -0.15) is 9.29 Å². The van der Waals surface area contributed by atoms with Crippen molar-refractivity contribution in [1.29, 1.82) is 0 Å². The van der Waals surface area contributed by atoms with Gasteiger partial charge in [0.05, 0.1) is 13.2 Å². The maximum atomic E-state index is 12.8. The summed E-state index contributed by atoms with van der Waals surface area (Å²) in [5.41, 5.74) is 4.58. The minimum atomic E-state index is -5.41. The van der Waals surface area contributed by atoms with E-state index >= 15 is 0 Å². The van der Waals surface area contributed by atoms with Crippen molar-refractivity contribution in [3.8, 4) is 0 Å². The van der Waals surface area contributed by atoms with Crippen LogP contribution in [0.3, 0.4) is 0 Å². The number of aromatic nitrogens is 2. The van der Waals surface area contributed by atoms with Crippen LogP contribution in [0, 0.1) is 11.8 Å². The van der Waals surface area contributed by atoms with Crippen LogP contribution in [0.2, 0.25) is 0 Å². The van der Waals surface area contributed by atoms with Crippen molar-refractivity contribution in [1.82, 2.24) is 9.55 Å². The zero-order chi connectivity index (χ0) is 45.3. The van der Waals surface area contributed by atoms with E-state index in [1.807, 2.05) is 0 Å². The molecule has 20 heteroatoms. The van der Waals surface area contributed by atoms with Gasteiger partial charge in [-0.05, 0) is 30.7 Å². The zero-order valence-electron chi connectivity index (χ0n) is 36.8. The fourth-order valence-corrected chi connectivity index (χ4v) is 8.88. The molecule has 0 aromatic carbocycles. The summed E-state index contributed by atoms with van der Waals surface area (Å²) in [7, 11) is -10.8. The Morgan fingerprint density at radius 3 is 1.87 bits per heavy atom. The lowest BCUT2D eigenvalue weighted by Crippen LogP contribution is -2.36. The summed E-state index contributed by atoms with van der Waals surface area (Å²) in [6.07, 6.45) is 13.8. The largest absolute Gasteiger partial charge is 0.481 e. The molecule has 0 radical (unpaired) electrons. The monoisotopic (exact) mass is 911 g/mol. The van der Waals surface area contributed by atoms with Gasteiger partial charge in [-0.1, -0.05) is 137 Å². The van der Waals surface area contributed by atoms with E-state index in [2.05, 4.69) is 37.0 Å². The number of carbonyl (C=O) groups is 2. The van der Waals surface area contributed by atoms with Crippen LogP contribution in [0.15, 0.2) is 17.1 Å². The molecule has 1 fully saturated rings. The number of nitrogens with zero attached hydrogens (tertiary/aromatic N) is 2. The van der Waals surface area contributed by atoms with Crippen molar-refractivity contribution in [2.75, 3.05) is 25.6 Å². The van der Waals surface area contributed by atoms with E-state index in [9.17, 15) is 43.5 Å². The molecule has 1 aliphatic rings. The highest BCUT2D eigenvalue weighted by Crippen LogP contribution is 2.60. The Morgan fingerprint density at radius 2 is 1.31 bits per heavy atom. The number of phosphoric ester groups is 2. The number of aliphatic hydroxyl groups is 2. The summed E-state index contributed by atoms with van der Waals surface area (Å²) < 4.78 is 56.5. The maximum absolute atomic E-state index is 12.8. The summed E-state index contributed by atoms with van der Waals surface area (Å²) in [6.45, 7) is 6.66. The first-order valence-electron chi connectivity index (χ1n) is 22.3. The van der Waals surface area contributed by atoms with Crippen LogP contribution in [0.25, 0.3) is 0 Å². The number of esters is 2. The highest BCUT2D eigenvalue weighted by atomic mass is 31.3. The van der Waals surface area contributed by atoms with Crippen molar-refractivity contribution in [2.45, 2.75) is 193 Å². The van der Waals surface area contributed by atoms with Gasteiger partial charge in [-0.25, -0.2) is 13.9 Å². The van der Waals surface area contributed by atoms with Crippen LogP contribution in [0.4, 0.5) is 5.82 Å². The Morgan fingerprint density at radius 1 is 0.787 bits per heavy atom. The Labute approximate surface area is 361 Å². The van der Waals surface area contributed by atoms with Crippen molar-refractivity contribution >= 4 is 33.4 Å². The lowest BCUT2D eigenvalue weighted by atomic mass is 9.99. The molecule has 1 aromatic rings. The lowest BCUT2D eigenvalue weighted by Gasteiger charge is -2.21. The molecule has 6 N–H and O–H groups in total. The SMILES string of the molecule is CCC(C)CCCCCCCCCCC(=O)OC[C@H](COP(=O)(O)OP(=O)(O)OC[C@H]1O[C@@H](n2ccc(N)nc2=O)C(O)[C@H]1O)OC(=O)CCCCCCCCCCC(C)C. The number of aliphatic hydroxyl groups excluding tert-OH is 2. The third kappa shape index (κ3) is 24.4. The van der Waals surface area contributed by atoms with Gasteiger partial charge in [0, 0.05) is 19.0 Å². The minimum Gasteiger partial charge on any atom is -0.462 e. The molecule has 8 atom stereocenters. The van der Waals surface area contributed by atoms with Gasteiger partial charge in [0.1, 0.15) is 30.7 Å². The van der Waals surface area contributed by atoms with E-state index in [4.69, 9.17) is 29.0 Å². The number of nitrogen functional groups attached to an aromatic ring is 1. The highest BCUT2D eigenvalue weighted by molar-refractivity contribution is 7.61. The van der Waals surface area contributed by atoms with Crippen LogP contribution >= 0.6 is 15.6 Å². The molecule has 0 bridgehead atoms. The summed E-state index contributed by atoms with van der Waals surface area (Å²) >= 11 is 0. The minimum absolute atomic E-state index is 0.0534. The predicted molar refractivity (Wildman–Crippen MR) is 229 cm³/mol. The fourth-order valence-electron chi connectivity index (χ4n) is 6.77. The molecule has 0 spiro atoms. The van der Waals surface area contributed by atoms with E-state index in [1.54, 1.807) is 0 Å². The number of anilines is 1. The number of rotatable bonds is 35. The Bertz CT molecular complexity index is 1550. The summed E-state index contributed by atoms with van der Waals surface area (Å²) in [4.78, 5) is 61.6. The number of ether oxygens (including phenoxy) is 3. The second-order valence-electron chi connectivity index (χ2n) is 16.6. The quantitative estimate of drug-likeness (QED) is 0.0249. The van der Waals surface area contributed by atoms with Gasteiger partial charge in [0.25, 0.3) is 0 Å². The van der Waals surface area contributed by atoms with E-state index in [0.29, 0.717) is 18.8 Å². The van der Waals surface area contributed by atoms with Crippen LogP contribution in [0.5, 0.6) is 0 Å². The van der Waals surface area contributed by atoms with Crippen molar-refractivity contribution in [3.63, 3.8) is 0 Å². The molecule has 2 rings (SSSR count). The molecule has 0 saturated carbocycles. The summed E-state index contributed by atoms with van der Waals surface area (Å²) in [5, 5.41) is 20.8. The van der Waals surface area contributed by atoms with Gasteiger partial charge in [0.2, 0.25) is 0 Å². The Kier molecular flexibility index (Phi) is 27.0. The van der Waals surface area contributed by atoms with E-state index in [0.717, 1.165) is 68.0 Å². The van der Waals surface area contributed by atoms with Gasteiger partial charge >= 0.3 is 33.3 Å². The number of unbranched alkanes of at least 4 members (excludes halogenated alkanes) is 14. The number of nitrogens with two attached hydrogens (primary N) is 1. The van der Waals surface area contributed by atoms with Gasteiger partial charge in [-0.3, -0.25) is 23.2 Å². The molecular weight excluding hydrogens is 836 g/mol. The third-order valence-corrected chi connectivity index (χ3v) is 13.3. The van der Waals surface area contributed by atoms with Gasteiger partial charge in [0.15, 0.2) is 12.3 Å². The average Bonchev–Trinajstić information content (AvgIpc) is 3.47. The van der Waals surface area contributed by atoms with Crippen molar-refractivity contribution in [2.24, 2.45) is 11.8 Å². The average molecular weight is 912 g/mol. The van der Waals surface area contributed by atoms with Gasteiger partial charge in [-0.15, -0.1) is 0 Å².